The van der Waals surface area contributed by atoms with Gasteiger partial charge in [-0.1, -0.05) is 17.7 Å². The number of ether oxygens (including phenoxy) is 1. The number of nitrogens with zero attached hydrogens (tertiary/aromatic N) is 4. The van der Waals surface area contributed by atoms with Crippen LogP contribution in [0.1, 0.15) is 16.8 Å². The van der Waals surface area contributed by atoms with Crippen LogP contribution in [0.4, 0.5) is 39.5 Å². The van der Waals surface area contributed by atoms with Gasteiger partial charge in [-0.05, 0) is 35.9 Å². The number of aromatic nitrogens is 3. The molecule has 41 heavy (non-hydrogen) atoms. The molecule has 2 aromatic carbocycles. The van der Waals surface area contributed by atoms with Gasteiger partial charge in [0.15, 0.2) is 5.82 Å². The number of aliphatic hydroxyl groups is 1. The Kier molecular flexibility index (Phi) is 8.00. The number of nitrogen functional groups attached to an aromatic ring is 1. The maximum atomic E-state index is 15.3. The number of alkyl halides is 3. The molecule has 3 heterocycles. The van der Waals surface area contributed by atoms with Crippen LogP contribution in [-0.4, -0.2) is 56.9 Å². The minimum Gasteiger partial charge on any atom is -0.392 e. The van der Waals surface area contributed by atoms with Crippen LogP contribution in [0.5, 0.6) is 0 Å². The number of fused-ring (bicyclic) bond motifs is 1. The lowest BCUT2D eigenvalue weighted by Crippen LogP contribution is -2.36. The highest BCUT2D eigenvalue weighted by atomic mass is 35.5. The van der Waals surface area contributed by atoms with E-state index in [1.165, 1.54) is 18.5 Å². The summed E-state index contributed by atoms with van der Waals surface area (Å²) >= 11 is 5.93. The summed E-state index contributed by atoms with van der Waals surface area (Å²) in [5.74, 6) is -0.723. The number of rotatable bonds is 6. The molecule has 1 fully saturated rings. The van der Waals surface area contributed by atoms with E-state index in [1.807, 2.05) is 0 Å². The third kappa shape index (κ3) is 5.91. The molecule has 15 heteroatoms. The number of hydrogen-bond donors (Lipinski definition) is 4. The fourth-order valence-corrected chi connectivity index (χ4v) is 4.85. The standard InChI is InChI=1S/C26H24ClF4N7O3/c27-17-3-2-15(26(29,30)31)10-20(17)36-25(40)35-19-4-1-14(9-18(19)28)22-16(12-39)21(11-37-5-7-41-8-6-37)38-23(22)24(32)33-13-34-38/h1-4,9-10,13,39H,5-8,11-12H2,(H2,32,33,34)(H2,35,36,40). The van der Waals surface area contributed by atoms with Crippen molar-refractivity contribution in [2.75, 3.05) is 42.7 Å². The van der Waals surface area contributed by atoms with Crippen LogP contribution in [0, 0.1) is 5.82 Å². The molecule has 2 amide bonds. The van der Waals surface area contributed by atoms with Crippen molar-refractivity contribution in [1.82, 2.24) is 19.5 Å². The fourth-order valence-electron chi connectivity index (χ4n) is 4.68. The lowest BCUT2D eigenvalue weighted by molar-refractivity contribution is -0.137. The highest BCUT2D eigenvalue weighted by molar-refractivity contribution is 6.33. The van der Waals surface area contributed by atoms with Gasteiger partial charge in [0.05, 0.1) is 47.5 Å². The number of nitrogens with two attached hydrogens (primary N) is 1. The first-order chi connectivity index (χ1) is 19.6. The lowest BCUT2D eigenvalue weighted by Gasteiger charge is -2.26. The van der Waals surface area contributed by atoms with Gasteiger partial charge < -0.3 is 26.2 Å². The van der Waals surface area contributed by atoms with Gasteiger partial charge in [-0.2, -0.15) is 18.3 Å². The second-order valence-corrected chi connectivity index (χ2v) is 9.63. The Morgan fingerprint density at radius 2 is 1.85 bits per heavy atom. The average molecular weight is 594 g/mol. The third-order valence-electron chi connectivity index (χ3n) is 6.64. The molecule has 0 spiro atoms. The highest BCUT2D eigenvalue weighted by Crippen LogP contribution is 2.38. The molecule has 10 nitrogen and oxygen atoms in total. The molecule has 0 unspecified atom stereocenters. The first-order valence-electron chi connectivity index (χ1n) is 12.4. The molecule has 0 atom stereocenters. The number of halogens is 5. The van der Waals surface area contributed by atoms with Gasteiger partial charge in [-0.3, -0.25) is 4.90 Å². The number of amides is 2. The normalized spacial score (nSPS) is 14.4. The molecule has 0 radical (unpaired) electrons. The van der Waals surface area contributed by atoms with E-state index in [4.69, 9.17) is 22.1 Å². The largest absolute Gasteiger partial charge is 0.416 e. The van der Waals surface area contributed by atoms with Crippen LogP contribution in [0.15, 0.2) is 42.7 Å². The Bertz CT molecular complexity index is 1610. The molecule has 0 saturated carbocycles. The van der Waals surface area contributed by atoms with Crippen LogP contribution in [-0.2, 0) is 24.1 Å². The Balaban J connectivity index is 1.45. The summed E-state index contributed by atoms with van der Waals surface area (Å²) < 4.78 is 61.4. The maximum Gasteiger partial charge on any atom is 0.416 e. The Morgan fingerprint density at radius 1 is 1.12 bits per heavy atom. The first kappa shape index (κ1) is 28.5. The first-order valence-corrected chi connectivity index (χ1v) is 12.7. The summed E-state index contributed by atoms with van der Waals surface area (Å²) in [6.45, 7) is 2.52. The molecule has 0 bridgehead atoms. The molecular formula is C26H24ClF4N7O3. The van der Waals surface area contributed by atoms with Crippen LogP contribution in [0.2, 0.25) is 5.02 Å². The number of anilines is 3. The Morgan fingerprint density at radius 3 is 2.54 bits per heavy atom. The van der Waals surface area contributed by atoms with Crippen molar-refractivity contribution in [1.29, 1.82) is 0 Å². The number of aliphatic hydroxyl groups excluding tert-OH is 1. The number of carbonyl (C=O) groups excluding carboxylic acids is 1. The van der Waals surface area contributed by atoms with Crippen molar-refractivity contribution in [3.8, 4) is 11.1 Å². The van der Waals surface area contributed by atoms with E-state index in [0.717, 1.165) is 18.2 Å². The van der Waals surface area contributed by atoms with Crippen LogP contribution < -0.4 is 16.4 Å². The zero-order chi connectivity index (χ0) is 29.3. The number of carbonyl (C=O) groups is 1. The van der Waals surface area contributed by atoms with E-state index in [1.54, 1.807) is 4.52 Å². The van der Waals surface area contributed by atoms with Crippen LogP contribution in [0.3, 0.4) is 0 Å². The molecule has 2 aromatic heterocycles. The van der Waals surface area contributed by atoms with E-state index < -0.39 is 23.6 Å². The second-order valence-electron chi connectivity index (χ2n) is 9.22. The molecule has 5 N–H and O–H groups in total. The van der Waals surface area contributed by atoms with Gasteiger partial charge in [-0.15, -0.1) is 0 Å². The summed E-state index contributed by atoms with van der Waals surface area (Å²) in [4.78, 5) is 18.7. The van der Waals surface area contributed by atoms with Crippen LogP contribution >= 0.6 is 11.6 Å². The number of nitrogens with one attached hydrogen (secondary N) is 2. The highest BCUT2D eigenvalue weighted by Gasteiger charge is 2.31. The summed E-state index contributed by atoms with van der Waals surface area (Å²) in [6.07, 6.45) is -3.36. The van der Waals surface area contributed by atoms with Crippen molar-refractivity contribution in [3.05, 3.63) is 70.4 Å². The van der Waals surface area contributed by atoms with Gasteiger partial charge in [0.2, 0.25) is 0 Å². The Labute approximate surface area is 235 Å². The average Bonchev–Trinajstić information content (AvgIpc) is 3.25. The molecule has 5 rings (SSSR count). The smallest absolute Gasteiger partial charge is 0.392 e. The van der Waals surface area contributed by atoms with E-state index in [2.05, 4.69) is 25.6 Å². The van der Waals surface area contributed by atoms with Crippen LogP contribution in [0.25, 0.3) is 16.6 Å². The minimum absolute atomic E-state index is 0.123. The summed E-state index contributed by atoms with van der Waals surface area (Å²) in [6, 6.07) is 5.39. The monoisotopic (exact) mass is 593 g/mol. The van der Waals surface area contributed by atoms with Crippen molar-refractivity contribution < 1.29 is 32.2 Å². The number of hydrogen-bond acceptors (Lipinski definition) is 7. The summed E-state index contributed by atoms with van der Waals surface area (Å²) in [5, 5.41) is 19.0. The molecule has 0 aliphatic carbocycles. The van der Waals surface area contributed by atoms with E-state index in [0.29, 0.717) is 66.8 Å². The predicted octanol–water partition coefficient (Wildman–Crippen LogP) is 4.76. The van der Waals surface area contributed by atoms with Gasteiger partial charge in [0.1, 0.15) is 17.7 Å². The van der Waals surface area contributed by atoms with Gasteiger partial charge in [-0.25, -0.2) is 18.7 Å². The zero-order valence-corrected chi connectivity index (χ0v) is 22.1. The number of benzene rings is 2. The fraction of sp³-hybridized carbons (Fsp3) is 0.269. The van der Waals surface area contributed by atoms with Gasteiger partial charge in [0, 0.05) is 30.8 Å². The topological polar surface area (TPSA) is 130 Å². The SMILES string of the molecule is Nc1ncnn2c(CN3CCOCC3)c(CO)c(-c3ccc(NC(=O)Nc4cc(C(F)(F)F)ccc4Cl)c(F)c3)c12. The molecule has 4 aromatic rings. The maximum absolute atomic E-state index is 15.3. The number of morpholine rings is 1. The summed E-state index contributed by atoms with van der Waals surface area (Å²) in [7, 11) is 0. The predicted molar refractivity (Wildman–Crippen MR) is 144 cm³/mol. The molecular weight excluding hydrogens is 570 g/mol. The zero-order valence-electron chi connectivity index (χ0n) is 21.3. The quantitative estimate of drug-likeness (QED) is 0.237. The number of urea groups is 1. The molecule has 216 valence electrons. The lowest BCUT2D eigenvalue weighted by atomic mass is 10.0. The van der Waals surface area contributed by atoms with E-state index in [-0.39, 0.29) is 28.8 Å². The van der Waals surface area contributed by atoms with Crippen molar-refractivity contribution >= 4 is 40.3 Å². The molecule has 1 saturated heterocycles. The minimum atomic E-state index is -4.65. The Hall–Kier alpha value is -3.98. The van der Waals surface area contributed by atoms with Gasteiger partial charge in [0.25, 0.3) is 0 Å². The van der Waals surface area contributed by atoms with Crippen molar-refractivity contribution in [2.45, 2.75) is 19.3 Å². The second kappa shape index (κ2) is 11.5. The van der Waals surface area contributed by atoms with E-state index in [9.17, 15) is 23.1 Å². The van der Waals surface area contributed by atoms with E-state index >= 15 is 4.39 Å². The van der Waals surface area contributed by atoms with Gasteiger partial charge >= 0.3 is 12.2 Å². The summed E-state index contributed by atoms with van der Waals surface area (Å²) in [5.41, 5.74) is 6.94. The molecule has 1 aliphatic rings. The molecule has 1 aliphatic heterocycles. The van der Waals surface area contributed by atoms with Crippen molar-refractivity contribution in [3.63, 3.8) is 0 Å². The third-order valence-corrected chi connectivity index (χ3v) is 6.97. The van der Waals surface area contributed by atoms with Crippen molar-refractivity contribution in [2.24, 2.45) is 0 Å².